The fourth-order valence-corrected chi connectivity index (χ4v) is 3.19. The first-order valence-electron chi connectivity index (χ1n) is 9.96. The number of nitrogens with one attached hydrogen (secondary N) is 1. The second-order valence-corrected chi connectivity index (χ2v) is 6.90. The molecule has 0 saturated heterocycles. The number of hydrogen-bond acceptors (Lipinski definition) is 4. The highest BCUT2D eigenvalue weighted by molar-refractivity contribution is 5.88. The molecule has 0 fully saturated rings. The summed E-state index contributed by atoms with van der Waals surface area (Å²) in [7, 11) is 0. The largest absolute Gasteiger partial charge is 0.493 e. The van der Waals surface area contributed by atoms with Gasteiger partial charge >= 0.3 is 0 Å². The molecular formula is C23H29N3O. The van der Waals surface area contributed by atoms with Crippen LogP contribution in [0.2, 0.25) is 0 Å². The molecule has 3 aromatic rings. The smallest absolute Gasteiger partial charge is 0.137 e. The molecule has 1 N–H and O–H groups in total. The summed E-state index contributed by atoms with van der Waals surface area (Å²) in [5, 5.41) is 4.54. The van der Waals surface area contributed by atoms with Crippen LogP contribution < -0.4 is 10.1 Å². The number of aryl methyl sites for hydroxylation is 1. The molecule has 0 amide bonds. The second-order valence-electron chi connectivity index (χ2n) is 6.90. The van der Waals surface area contributed by atoms with E-state index in [0.717, 1.165) is 48.5 Å². The van der Waals surface area contributed by atoms with Crippen LogP contribution in [-0.2, 0) is 0 Å². The van der Waals surface area contributed by atoms with Gasteiger partial charge in [-0.1, -0.05) is 56.0 Å². The summed E-state index contributed by atoms with van der Waals surface area (Å²) in [6.45, 7) is 3.86. The number of hydrogen-bond donors (Lipinski definition) is 1. The van der Waals surface area contributed by atoms with Gasteiger partial charge in [0.15, 0.2) is 0 Å². The molecule has 2 aromatic carbocycles. The minimum absolute atomic E-state index is 0.813. The van der Waals surface area contributed by atoms with Crippen molar-refractivity contribution in [3.05, 3.63) is 60.4 Å². The maximum absolute atomic E-state index is 5.84. The first kappa shape index (κ1) is 19.2. The van der Waals surface area contributed by atoms with E-state index in [1.54, 1.807) is 6.33 Å². The zero-order valence-corrected chi connectivity index (χ0v) is 16.2. The standard InChI is InChI=1S/C23H29N3O/c1-19-12-6-9-15-22(19)27-17-11-5-3-2-4-10-16-24-23-20-13-7-8-14-21(20)25-18-26-23/h6-9,12-15,18H,2-5,10-11,16-17H2,1H3,(H,24,25,26). The van der Waals surface area contributed by atoms with E-state index in [1.165, 1.54) is 31.2 Å². The Morgan fingerprint density at radius 1 is 0.815 bits per heavy atom. The van der Waals surface area contributed by atoms with E-state index >= 15 is 0 Å². The molecule has 27 heavy (non-hydrogen) atoms. The molecule has 4 nitrogen and oxygen atoms in total. The molecular weight excluding hydrogens is 334 g/mol. The number of anilines is 1. The van der Waals surface area contributed by atoms with Crippen LogP contribution in [0.15, 0.2) is 54.9 Å². The molecule has 0 bridgehead atoms. The molecule has 1 heterocycles. The number of fused-ring (bicyclic) bond motifs is 1. The number of nitrogens with zero attached hydrogens (tertiary/aromatic N) is 2. The van der Waals surface area contributed by atoms with Crippen molar-refractivity contribution in [2.45, 2.75) is 45.4 Å². The Bertz CT molecular complexity index is 829. The Kier molecular flexibility index (Phi) is 7.45. The number of benzene rings is 2. The van der Waals surface area contributed by atoms with E-state index in [2.05, 4.69) is 34.3 Å². The number of ether oxygens (including phenoxy) is 1. The SMILES string of the molecule is Cc1ccccc1OCCCCCCCCNc1ncnc2ccccc12. The van der Waals surface area contributed by atoms with Gasteiger partial charge in [0.1, 0.15) is 17.9 Å². The molecule has 1 aromatic heterocycles. The fraction of sp³-hybridized carbons (Fsp3) is 0.391. The molecule has 0 aliphatic heterocycles. The van der Waals surface area contributed by atoms with Gasteiger partial charge in [-0.3, -0.25) is 0 Å². The highest BCUT2D eigenvalue weighted by atomic mass is 16.5. The molecule has 0 unspecified atom stereocenters. The first-order valence-corrected chi connectivity index (χ1v) is 9.96. The van der Waals surface area contributed by atoms with E-state index in [4.69, 9.17) is 4.74 Å². The number of rotatable bonds is 11. The van der Waals surface area contributed by atoms with Gasteiger partial charge in [0.2, 0.25) is 0 Å². The molecule has 0 radical (unpaired) electrons. The van der Waals surface area contributed by atoms with Gasteiger partial charge in [0, 0.05) is 11.9 Å². The predicted octanol–water partition coefficient (Wildman–Crippen LogP) is 5.77. The van der Waals surface area contributed by atoms with E-state index < -0.39 is 0 Å². The summed E-state index contributed by atoms with van der Waals surface area (Å²) in [6, 6.07) is 16.3. The van der Waals surface area contributed by atoms with Crippen molar-refractivity contribution in [2.24, 2.45) is 0 Å². The summed E-state index contributed by atoms with van der Waals surface area (Å²) in [5.74, 6) is 1.95. The maximum Gasteiger partial charge on any atom is 0.137 e. The summed E-state index contributed by atoms with van der Waals surface area (Å²) in [5.41, 5.74) is 2.20. The third kappa shape index (κ3) is 5.95. The average molecular weight is 364 g/mol. The van der Waals surface area contributed by atoms with Crippen molar-refractivity contribution in [1.29, 1.82) is 0 Å². The summed E-state index contributed by atoms with van der Waals surface area (Å²) in [6.07, 6.45) is 8.94. The van der Waals surface area contributed by atoms with Crippen LogP contribution in [0.3, 0.4) is 0 Å². The number of para-hydroxylation sites is 2. The molecule has 0 aliphatic carbocycles. The van der Waals surface area contributed by atoms with Crippen LogP contribution in [-0.4, -0.2) is 23.1 Å². The zero-order chi connectivity index (χ0) is 18.7. The summed E-state index contributed by atoms with van der Waals surface area (Å²) >= 11 is 0. The molecule has 0 atom stereocenters. The van der Waals surface area contributed by atoms with Gasteiger partial charge in [-0.05, 0) is 43.5 Å². The third-order valence-corrected chi connectivity index (χ3v) is 4.76. The quantitative estimate of drug-likeness (QED) is 0.439. The molecule has 142 valence electrons. The first-order chi connectivity index (χ1) is 13.3. The van der Waals surface area contributed by atoms with Crippen LogP contribution in [0.25, 0.3) is 10.9 Å². The lowest BCUT2D eigenvalue weighted by atomic mass is 10.1. The van der Waals surface area contributed by atoms with E-state index in [9.17, 15) is 0 Å². The van der Waals surface area contributed by atoms with E-state index in [0.29, 0.717) is 0 Å². The van der Waals surface area contributed by atoms with Gasteiger partial charge in [0.05, 0.1) is 12.1 Å². The van der Waals surface area contributed by atoms with Gasteiger partial charge in [-0.15, -0.1) is 0 Å². The van der Waals surface area contributed by atoms with Crippen molar-refractivity contribution in [3.63, 3.8) is 0 Å². The summed E-state index contributed by atoms with van der Waals surface area (Å²) < 4.78 is 5.84. The lowest BCUT2D eigenvalue weighted by molar-refractivity contribution is 0.302. The molecule has 0 saturated carbocycles. The van der Waals surface area contributed by atoms with Gasteiger partial charge in [-0.25, -0.2) is 9.97 Å². The summed E-state index contributed by atoms with van der Waals surface area (Å²) in [4.78, 5) is 8.67. The number of aromatic nitrogens is 2. The molecule has 0 aliphatic rings. The lowest BCUT2D eigenvalue weighted by Crippen LogP contribution is -2.04. The monoisotopic (exact) mass is 363 g/mol. The van der Waals surface area contributed by atoms with Crippen molar-refractivity contribution in [2.75, 3.05) is 18.5 Å². The van der Waals surface area contributed by atoms with Crippen LogP contribution in [0, 0.1) is 6.92 Å². The van der Waals surface area contributed by atoms with Crippen molar-refractivity contribution in [1.82, 2.24) is 9.97 Å². The van der Waals surface area contributed by atoms with Gasteiger partial charge in [-0.2, -0.15) is 0 Å². The normalized spacial score (nSPS) is 10.9. The zero-order valence-electron chi connectivity index (χ0n) is 16.2. The van der Waals surface area contributed by atoms with Gasteiger partial charge in [0.25, 0.3) is 0 Å². The topological polar surface area (TPSA) is 47.0 Å². The Morgan fingerprint density at radius 2 is 1.56 bits per heavy atom. The second kappa shape index (κ2) is 10.5. The predicted molar refractivity (Wildman–Crippen MR) is 112 cm³/mol. The van der Waals surface area contributed by atoms with E-state index in [1.807, 2.05) is 36.4 Å². The van der Waals surface area contributed by atoms with Crippen LogP contribution in [0.1, 0.15) is 44.1 Å². The minimum Gasteiger partial charge on any atom is -0.493 e. The molecule has 4 heteroatoms. The van der Waals surface area contributed by atoms with Crippen LogP contribution in [0.5, 0.6) is 5.75 Å². The van der Waals surface area contributed by atoms with Crippen LogP contribution in [0.4, 0.5) is 5.82 Å². The van der Waals surface area contributed by atoms with E-state index in [-0.39, 0.29) is 0 Å². The van der Waals surface area contributed by atoms with Crippen LogP contribution >= 0.6 is 0 Å². The fourth-order valence-electron chi connectivity index (χ4n) is 3.19. The van der Waals surface area contributed by atoms with Crippen molar-refractivity contribution in [3.8, 4) is 5.75 Å². The maximum atomic E-state index is 5.84. The third-order valence-electron chi connectivity index (χ3n) is 4.76. The molecule has 3 rings (SSSR count). The van der Waals surface area contributed by atoms with Gasteiger partial charge < -0.3 is 10.1 Å². The highest BCUT2D eigenvalue weighted by Gasteiger charge is 2.02. The Morgan fingerprint density at radius 3 is 2.44 bits per heavy atom. The highest BCUT2D eigenvalue weighted by Crippen LogP contribution is 2.19. The Labute approximate surface area is 162 Å². The molecule has 0 spiro atoms. The number of unbranched alkanes of at least 4 members (excludes halogenated alkanes) is 5. The average Bonchev–Trinajstić information content (AvgIpc) is 2.71. The van der Waals surface area contributed by atoms with Crippen molar-refractivity contribution >= 4 is 16.7 Å². The lowest BCUT2D eigenvalue weighted by Gasteiger charge is -2.09. The Balaban J connectivity index is 1.23. The van der Waals surface area contributed by atoms with Crippen molar-refractivity contribution < 1.29 is 4.74 Å². The Hall–Kier alpha value is -2.62. The minimum atomic E-state index is 0.813.